The van der Waals surface area contributed by atoms with Crippen LogP contribution in [0, 0.1) is 0 Å². The van der Waals surface area contributed by atoms with Gasteiger partial charge in [0.25, 0.3) is 0 Å². The van der Waals surface area contributed by atoms with Crippen LogP contribution in [0.1, 0.15) is 0 Å². The minimum Gasteiger partial charge on any atom is -0.465 e. The highest BCUT2D eigenvalue weighted by Crippen LogP contribution is 2.37. The highest BCUT2D eigenvalue weighted by atomic mass is 19.3. The molecule has 0 aliphatic carbocycles. The van der Waals surface area contributed by atoms with Gasteiger partial charge in [-0.2, -0.15) is 17.6 Å². The lowest BCUT2D eigenvalue weighted by molar-refractivity contribution is -0.288. The maximum atomic E-state index is 12.8. The molecule has 0 unspecified atom stereocenters. The number of alkyl halides is 5. The third-order valence-electron chi connectivity index (χ3n) is 1.44. The Kier molecular flexibility index (Phi) is 4.26. The first kappa shape index (κ1) is 13.9. The predicted octanol–water partition coefficient (Wildman–Crippen LogP) is 1.77. The SMILES string of the molecule is COCN(C(=O)O)C(F)(F)C(F)(F)CF. The van der Waals surface area contributed by atoms with Crippen molar-refractivity contribution in [2.24, 2.45) is 0 Å². The lowest BCUT2D eigenvalue weighted by Crippen LogP contribution is -2.57. The van der Waals surface area contributed by atoms with Crippen LogP contribution in [0.2, 0.25) is 0 Å². The van der Waals surface area contributed by atoms with Crippen LogP contribution in [0.5, 0.6) is 0 Å². The lowest BCUT2D eigenvalue weighted by Gasteiger charge is -2.32. The Hall–Kier alpha value is -1.12. The Morgan fingerprint density at radius 1 is 1.40 bits per heavy atom. The molecule has 0 aromatic rings. The molecule has 0 heterocycles. The third kappa shape index (κ3) is 2.67. The Labute approximate surface area is 81.2 Å². The van der Waals surface area contributed by atoms with Gasteiger partial charge < -0.3 is 9.84 Å². The van der Waals surface area contributed by atoms with Gasteiger partial charge in [0.2, 0.25) is 0 Å². The van der Waals surface area contributed by atoms with E-state index in [1.807, 2.05) is 0 Å². The van der Waals surface area contributed by atoms with Gasteiger partial charge in [0, 0.05) is 7.11 Å². The van der Waals surface area contributed by atoms with Crippen LogP contribution in [0.25, 0.3) is 0 Å². The van der Waals surface area contributed by atoms with Gasteiger partial charge in [0.15, 0.2) is 6.67 Å². The number of rotatable bonds is 5. The van der Waals surface area contributed by atoms with Crippen molar-refractivity contribution in [2.45, 2.75) is 12.0 Å². The molecule has 1 N–H and O–H groups in total. The van der Waals surface area contributed by atoms with E-state index in [0.717, 1.165) is 7.11 Å². The van der Waals surface area contributed by atoms with Gasteiger partial charge in [-0.3, -0.25) is 0 Å². The van der Waals surface area contributed by atoms with Crippen LogP contribution >= 0.6 is 0 Å². The number of carboxylic acid groups (broad SMARTS) is 1. The normalized spacial score (nSPS) is 12.7. The molecule has 0 radical (unpaired) electrons. The molecule has 15 heavy (non-hydrogen) atoms. The Morgan fingerprint density at radius 3 is 2.13 bits per heavy atom. The van der Waals surface area contributed by atoms with Gasteiger partial charge in [-0.05, 0) is 0 Å². The van der Waals surface area contributed by atoms with Crippen LogP contribution in [0.3, 0.4) is 0 Å². The van der Waals surface area contributed by atoms with E-state index >= 15 is 0 Å². The van der Waals surface area contributed by atoms with Gasteiger partial charge in [-0.25, -0.2) is 14.1 Å². The zero-order valence-corrected chi connectivity index (χ0v) is 7.51. The number of hydrogen-bond donors (Lipinski definition) is 1. The van der Waals surface area contributed by atoms with Gasteiger partial charge in [-0.1, -0.05) is 0 Å². The zero-order valence-electron chi connectivity index (χ0n) is 7.51. The van der Waals surface area contributed by atoms with E-state index in [4.69, 9.17) is 5.11 Å². The van der Waals surface area contributed by atoms with Crippen LogP contribution in [0.15, 0.2) is 0 Å². The maximum absolute atomic E-state index is 12.8. The summed E-state index contributed by atoms with van der Waals surface area (Å²) in [5, 5.41) is 8.21. The van der Waals surface area contributed by atoms with E-state index in [2.05, 4.69) is 4.74 Å². The molecule has 0 aliphatic heterocycles. The summed E-state index contributed by atoms with van der Waals surface area (Å²) in [5.41, 5.74) is 0. The van der Waals surface area contributed by atoms with Gasteiger partial charge in [0.1, 0.15) is 6.73 Å². The molecule has 1 amide bonds. The van der Waals surface area contributed by atoms with Crippen molar-refractivity contribution in [3.8, 4) is 0 Å². The van der Waals surface area contributed by atoms with Crippen LogP contribution < -0.4 is 0 Å². The number of nitrogens with zero attached hydrogens (tertiary/aromatic N) is 1. The van der Waals surface area contributed by atoms with E-state index in [-0.39, 0.29) is 0 Å². The number of methoxy groups -OCH3 is 1. The number of amides is 1. The highest BCUT2D eigenvalue weighted by molar-refractivity contribution is 5.65. The minimum absolute atomic E-state index is 0.833. The first-order chi connectivity index (χ1) is 6.70. The largest absolute Gasteiger partial charge is 0.465 e. The number of halogens is 5. The van der Waals surface area contributed by atoms with Crippen molar-refractivity contribution < 1.29 is 36.6 Å². The summed E-state index contributed by atoms with van der Waals surface area (Å²) in [4.78, 5) is 9.23. The molecule has 0 atom stereocenters. The molecular weight excluding hydrogens is 229 g/mol. The fourth-order valence-electron chi connectivity index (χ4n) is 0.663. The van der Waals surface area contributed by atoms with E-state index in [9.17, 15) is 26.7 Å². The average Bonchev–Trinajstić information content (AvgIpc) is 2.12. The lowest BCUT2D eigenvalue weighted by atomic mass is 10.3. The molecule has 0 spiro atoms. The topological polar surface area (TPSA) is 49.8 Å². The number of carbonyl (C=O) groups is 1. The summed E-state index contributed by atoms with van der Waals surface area (Å²) in [6.45, 7) is -3.97. The summed E-state index contributed by atoms with van der Waals surface area (Å²) in [6.07, 6.45) is -2.34. The second-order valence-corrected chi connectivity index (χ2v) is 2.51. The van der Waals surface area contributed by atoms with Crippen LogP contribution in [-0.4, -0.2) is 48.6 Å². The van der Waals surface area contributed by atoms with E-state index in [1.54, 1.807) is 0 Å². The molecule has 0 fully saturated rings. The average molecular weight is 237 g/mol. The molecule has 0 aliphatic rings. The molecule has 0 saturated carbocycles. The Bertz CT molecular complexity index is 235. The standard InChI is InChI=1S/C6H8F5NO3/c1-15-3-12(4(13)14)6(10,11)5(8,9)2-7/h2-3H2,1H3,(H,13,14). The molecule has 0 rings (SSSR count). The van der Waals surface area contributed by atoms with Crippen molar-refractivity contribution in [1.82, 2.24) is 4.90 Å². The van der Waals surface area contributed by atoms with E-state index in [1.165, 1.54) is 0 Å². The van der Waals surface area contributed by atoms with E-state index < -0.39 is 36.4 Å². The molecule has 4 nitrogen and oxygen atoms in total. The zero-order chi connectivity index (χ0) is 12.3. The molecule has 0 aromatic carbocycles. The van der Waals surface area contributed by atoms with Gasteiger partial charge in [-0.15, -0.1) is 0 Å². The fraction of sp³-hybridized carbons (Fsp3) is 0.833. The highest BCUT2D eigenvalue weighted by Gasteiger charge is 2.62. The number of hydrogen-bond acceptors (Lipinski definition) is 2. The molecule has 90 valence electrons. The van der Waals surface area contributed by atoms with Crippen LogP contribution in [-0.2, 0) is 4.74 Å². The third-order valence-corrected chi connectivity index (χ3v) is 1.44. The van der Waals surface area contributed by atoms with E-state index in [0.29, 0.717) is 0 Å². The monoisotopic (exact) mass is 237 g/mol. The predicted molar refractivity (Wildman–Crippen MR) is 37.6 cm³/mol. The molecular formula is C6H8F5NO3. The van der Waals surface area contributed by atoms with Crippen LogP contribution in [0.4, 0.5) is 26.7 Å². The minimum atomic E-state index is -5.16. The van der Waals surface area contributed by atoms with Crippen molar-refractivity contribution in [3.63, 3.8) is 0 Å². The summed E-state index contributed by atoms with van der Waals surface area (Å²) < 4.78 is 66.0. The molecule has 0 saturated heterocycles. The second-order valence-electron chi connectivity index (χ2n) is 2.51. The van der Waals surface area contributed by atoms with Crippen molar-refractivity contribution in [3.05, 3.63) is 0 Å². The van der Waals surface area contributed by atoms with Crippen molar-refractivity contribution in [2.75, 3.05) is 20.5 Å². The Morgan fingerprint density at radius 2 is 1.87 bits per heavy atom. The first-order valence-electron chi connectivity index (χ1n) is 3.51. The number of ether oxygens (including phenoxy) is 1. The Balaban J connectivity index is 5.02. The molecule has 0 bridgehead atoms. The summed E-state index contributed by atoms with van der Waals surface area (Å²) in [7, 11) is 0.833. The second kappa shape index (κ2) is 4.60. The van der Waals surface area contributed by atoms with Gasteiger partial charge >= 0.3 is 18.1 Å². The quantitative estimate of drug-likeness (QED) is 0.450. The smallest absolute Gasteiger partial charge is 0.413 e. The van der Waals surface area contributed by atoms with Gasteiger partial charge in [0.05, 0.1) is 0 Å². The summed E-state index contributed by atoms with van der Waals surface area (Å²) in [6, 6.07) is -5.16. The van der Waals surface area contributed by atoms with Crippen molar-refractivity contribution >= 4 is 6.09 Å². The first-order valence-corrected chi connectivity index (χ1v) is 3.51. The maximum Gasteiger partial charge on any atom is 0.413 e. The summed E-state index contributed by atoms with van der Waals surface area (Å²) in [5.74, 6) is -5.09. The molecule has 0 aromatic heterocycles. The fourth-order valence-corrected chi connectivity index (χ4v) is 0.663. The van der Waals surface area contributed by atoms with Crippen molar-refractivity contribution in [1.29, 1.82) is 0 Å². The summed E-state index contributed by atoms with van der Waals surface area (Å²) >= 11 is 0. The molecule has 9 heteroatoms.